The molecule has 2 atom stereocenters. The number of carbonyl (C=O) groups is 1. The number of fused-ring (bicyclic) bond motifs is 2. The molecule has 6 rings (SSSR count). The average Bonchev–Trinajstić information content (AvgIpc) is 3.21. The molecule has 1 aliphatic heterocycles. The van der Waals surface area contributed by atoms with E-state index in [9.17, 15) is 18.7 Å². The first-order chi connectivity index (χ1) is 17.4. The highest BCUT2D eigenvalue weighted by Crippen LogP contribution is 2.52. The van der Waals surface area contributed by atoms with Crippen LogP contribution in [0.25, 0.3) is 16.9 Å². The Kier molecular flexibility index (Phi) is 5.27. The lowest BCUT2D eigenvalue weighted by molar-refractivity contribution is -0.139. The highest BCUT2D eigenvalue weighted by molar-refractivity contribution is 5.75. The van der Waals surface area contributed by atoms with Crippen molar-refractivity contribution in [1.82, 2.24) is 24.3 Å². The Morgan fingerprint density at radius 3 is 2.56 bits per heavy atom. The van der Waals surface area contributed by atoms with Crippen LogP contribution in [0.4, 0.5) is 14.7 Å². The first-order valence-corrected chi connectivity index (χ1v) is 11.6. The third kappa shape index (κ3) is 3.90. The number of rotatable bonds is 7. The Labute approximate surface area is 204 Å². The summed E-state index contributed by atoms with van der Waals surface area (Å²) < 4.78 is 32.3. The van der Waals surface area contributed by atoms with Crippen molar-refractivity contribution in [2.45, 2.75) is 20.0 Å². The maximum Gasteiger partial charge on any atom is 0.387 e. The molecule has 1 saturated carbocycles. The molecular formula is C25H22F2N6O3. The zero-order valence-electron chi connectivity index (χ0n) is 19.3. The lowest BCUT2D eigenvalue weighted by Crippen LogP contribution is -2.27. The Morgan fingerprint density at radius 1 is 1.14 bits per heavy atom. The van der Waals surface area contributed by atoms with Crippen LogP contribution in [-0.2, 0) is 11.2 Å². The SMILES string of the molecule is Cc1nc2cnc(-c3cnc(N4CC5C(C4)C5C(=O)O)nc3)cn2c1Cc1ccccc1OC(F)F. The fraction of sp³-hybridized carbons (Fsp3) is 0.320. The van der Waals surface area contributed by atoms with E-state index in [1.807, 2.05) is 22.4 Å². The molecule has 36 heavy (non-hydrogen) atoms. The van der Waals surface area contributed by atoms with Gasteiger partial charge in [0.15, 0.2) is 5.65 Å². The second-order valence-corrected chi connectivity index (χ2v) is 9.18. The number of hydrogen-bond acceptors (Lipinski definition) is 7. The Morgan fingerprint density at radius 2 is 1.86 bits per heavy atom. The summed E-state index contributed by atoms with van der Waals surface area (Å²) in [5.74, 6) is 0.1000. The number of nitrogens with zero attached hydrogens (tertiary/aromatic N) is 6. The summed E-state index contributed by atoms with van der Waals surface area (Å²) in [5.41, 5.74) is 4.22. The van der Waals surface area contributed by atoms with Crippen LogP contribution in [0, 0.1) is 24.7 Å². The van der Waals surface area contributed by atoms with Gasteiger partial charge in [-0.05, 0) is 24.8 Å². The molecule has 0 amide bonds. The lowest BCUT2D eigenvalue weighted by Gasteiger charge is -2.18. The molecule has 184 valence electrons. The van der Waals surface area contributed by atoms with Crippen molar-refractivity contribution in [2.75, 3.05) is 18.0 Å². The van der Waals surface area contributed by atoms with Crippen LogP contribution >= 0.6 is 0 Å². The number of anilines is 1. The van der Waals surface area contributed by atoms with Crippen molar-refractivity contribution in [2.24, 2.45) is 17.8 Å². The third-order valence-electron chi connectivity index (χ3n) is 7.05. The van der Waals surface area contributed by atoms with Crippen molar-refractivity contribution in [1.29, 1.82) is 0 Å². The summed E-state index contributed by atoms with van der Waals surface area (Å²) >= 11 is 0. The van der Waals surface area contributed by atoms with Crippen molar-refractivity contribution in [3.63, 3.8) is 0 Å². The van der Waals surface area contributed by atoms with E-state index in [0.717, 1.165) is 11.4 Å². The monoisotopic (exact) mass is 492 g/mol. The summed E-state index contributed by atoms with van der Waals surface area (Å²) in [4.78, 5) is 31.3. The van der Waals surface area contributed by atoms with E-state index in [2.05, 4.69) is 19.9 Å². The van der Waals surface area contributed by atoms with Crippen LogP contribution in [0.15, 0.2) is 49.1 Å². The van der Waals surface area contributed by atoms with E-state index in [1.54, 1.807) is 36.8 Å². The van der Waals surface area contributed by atoms with Crippen molar-refractivity contribution >= 4 is 17.6 Å². The standard InChI is InChI=1S/C25H22F2N6O3/c1-13-19(6-14-4-2-3-5-20(14)36-24(26)27)33-12-18(28-9-21(33)31-13)15-7-29-25(30-8-15)32-10-16-17(11-32)22(16)23(34)35/h2-5,7-9,12,16-17,22,24H,6,10-11H2,1H3,(H,34,35). The molecule has 1 aromatic carbocycles. The largest absolute Gasteiger partial charge is 0.481 e. The second-order valence-electron chi connectivity index (χ2n) is 9.18. The molecule has 0 bridgehead atoms. The number of ether oxygens (including phenoxy) is 1. The van der Waals surface area contributed by atoms with Gasteiger partial charge in [-0.3, -0.25) is 14.2 Å². The minimum Gasteiger partial charge on any atom is -0.481 e. The van der Waals surface area contributed by atoms with E-state index >= 15 is 0 Å². The molecule has 4 heterocycles. The number of aliphatic carboxylic acids is 1. The van der Waals surface area contributed by atoms with Gasteiger partial charge < -0.3 is 14.7 Å². The van der Waals surface area contributed by atoms with Gasteiger partial charge in [0.1, 0.15) is 5.75 Å². The van der Waals surface area contributed by atoms with E-state index in [1.165, 1.54) is 6.07 Å². The van der Waals surface area contributed by atoms with Crippen LogP contribution < -0.4 is 9.64 Å². The zero-order chi connectivity index (χ0) is 25.0. The van der Waals surface area contributed by atoms with Gasteiger partial charge in [-0.15, -0.1) is 0 Å². The van der Waals surface area contributed by atoms with Gasteiger partial charge in [0.05, 0.1) is 29.2 Å². The third-order valence-corrected chi connectivity index (χ3v) is 7.05. The Hall–Kier alpha value is -4.15. The Bertz CT molecular complexity index is 1450. The fourth-order valence-corrected chi connectivity index (χ4v) is 5.20. The van der Waals surface area contributed by atoms with Gasteiger partial charge in [0.2, 0.25) is 5.95 Å². The van der Waals surface area contributed by atoms with Crippen LogP contribution in [-0.4, -0.2) is 55.1 Å². The molecule has 0 radical (unpaired) electrons. The molecule has 9 nitrogen and oxygen atoms in total. The number of benzene rings is 1. The van der Waals surface area contributed by atoms with Gasteiger partial charge in [0, 0.05) is 49.2 Å². The van der Waals surface area contributed by atoms with E-state index in [4.69, 9.17) is 4.74 Å². The number of carboxylic acids is 1. The summed E-state index contributed by atoms with van der Waals surface area (Å²) in [6.45, 7) is 0.267. The number of alkyl halides is 2. The maximum absolute atomic E-state index is 12.9. The fourth-order valence-electron chi connectivity index (χ4n) is 5.20. The van der Waals surface area contributed by atoms with Gasteiger partial charge in [-0.2, -0.15) is 8.78 Å². The molecule has 2 aliphatic rings. The zero-order valence-corrected chi connectivity index (χ0v) is 19.3. The normalized spacial score (nSPS) is 20.7. The van der Waals surface area contributed by atoms with Gasteiger partial charge >= 0.3 is 12.6 Å². The lowest BCUT2D eigenvalue weighted by atomic mass is 10.1. The molecule has 2 unspecified atom stereocenters. The highest BCUT2D eigenvalue weighted by Gasteiger charge is 2.60. The molecular weight excluding hydrogens is 470 g/mol. The number of hydrogen-bond donors (Lipinski definition) is 1. The van der Waals surface area contributed by atoms with Crippen molar-refractivity contribution in [3.8, 4) is 17.0 Å². The summed E-state index contributed by atoms with van der Waals surface area (Å²) in [6, 6.07) is 6.72. The van der Waals surface area contributed by atoms with Gasteiger partial charge in [0.25, 0.3) is 0 Å². The molecule has 2 fully saturated rings. The second kappa shape index (κ2) is 8.51. The smallest absolute Gasteiger partial charge is 0.387 e. The van der Waals surface area contributed by atoms with Crippen LogP contribution in [0.3, 0.4) is 0 Å². The minimum absolute atomic E-state index is 0.134. The highest BCUT2D eigenvalue weighted by atomic mass is 19.3. The number of halogens is 2. The van der Waals surface area contributed by atoms with Gasteiger partial charge in [-0.25, -0.2) is 15.0 Å². The number of para-hydroxylation sites is 1. The quantitative estimate of drug-likeness (QED) is 0.418. The van der Waals surface area contributed by atoms with E-state index in [0.29, 0.717) is 47.9 Å². The van der Waals surface area contributed by atoms with Gasteiger partial charge in [-0.1, -0.05) is 18.2 Å². The van der Waals surface area contributed by atoms with Crippen LogP contribution in [0.1, 0.15) is 17.0 Å². The minimum atomic E-state index is -2.90. The summed E-state index contributed by atoms with van der Waals surface area (Å²) in [6.07, 6.45) is 7.24. The maximum atomic E-state index is 12.9. The van der Waals surface area contributed by atoms with E-state index < -0.39 is 12.6 Å². The average molecular weight is 492 g/mol. The molecule has 1 N–H and O–H groups in total. The first-order valence-electron chi connectivity index (χ1n) is 11.6. The summed E-state index contributed by atoms with van der Waals surface area (Å²) in [5, 5.41) is 9.21. The van der Waals surface area contributed by atoms with Crippen molar-refractivity contribution < 1.29 is 23.4 Å². The Balaban J connectivity index is 1.25. The topological polar surface area (TPSA) is 106 Å². The van der Waals surface area contributed by atoms with Crippen molar-refractivity contribution in [3.05, 3.63) is 66.0 Å². The first kappa shape index (κ1) is 22.3. The molecule has 11 heteroatoms. The number of aromatic nitrogens is 5. The number of imidazole rings is 1. The summed E-state index contributed by atoms with van der Waals surface area (Å²) in [7, 11) is 0. The molecule has 1 saturated heterocycles. The molecule has 3 aromatic heterocycles. The predicted octanol–water partition coefficient (Wildman–Crippen LogP) is 3.45. The van der Waals surface area contributed by atoms with Crippen LogP contribution in [0.2, 0.25) is 0 Å². The van der Waals surface area contributed by atoms with E-state index in [-0.39, 0.29) is 23.5 Å². The molecule has 4 aromatic rings. The molecule has 0 spiro atoms. The number of piperidine rings is 1. The number of carboxylic acid groups (broad SMARTS) is 1. The number of aryl methyl sites for hydroxylation is 1. The molecule has 1 aliphatic carbocycles. The predicted molar refractivity (Wildman–Crippen MR) is 125 cm³/mol. The van der Waals surface area contributed by atoms with Crippen LogP contribution in [0.5, 0.6) is 5.75 Å².